The Morgan fingerprint density at radius 3 is 2.65 bits per heavy atom. The summed E-state index contributed by atoms with van der Waals surface area (Å²) >= 11 is 7.69. The van der Waals surface area contributed by atoms with E-state index in [9.17, 15) is 13.5 Å². The molecule has 0 bridgehead atoms. The van der Waals surface area contributed by atoms with E-state index in [1.807, 2.05) is 42.5 Å². The monoisotopic (exact) mass is 557 g/mol. The van der Waals surface area contributed by atoms with Gasteiger partial charge in [-0.3, -0.25) is 0 Å². The van der Waals surface area contributed by atoms with Crippen LogP contribution < -0.4 is 4.31 Å². The molecule has 5 aromatic rings. The topological polar surface area (TPSA) is 106 Å². The van der Waals surface area contributed by atoms with Crippen molar-refractivity contribution >= 4 is 59.8 Å². The highest BCUT2D eigenvalue weighted by atomic mass is 35.5. The predicted octanol–water partition coefficient (Wildman–Crippen LogP) is 5.54. The van der Waals surface area contributed by atoms with Gasteiger partial charge in [0.25, 0.3) is 15.9 Å². The van der Waals surface area contributed by atoms with E-state index in [0.717, 1.165) is 20.6 Å². The summed E-state index contributed by atoms with van der Waals surface area (Å²) < 4.78 is 40.0. The number of halogens is 1. The third-order valence-corrected chi connectivity index (χ3v) is 9.65. The first-order valence-electron chi connectivity index (χ1n) is 11.5. The van der Waals surface area contributed by atoms with E-state index in [-0.39, 0.29) is 28.8 Å². The molecule has 2 aromatic carbocycles. The molecule has 1 unspecified atom stereocenters. The zero-order valence-electron chi connectivity index (χ0n) is 20.1. The van der Waals surface area contributed by atoms with E-state index in [1.165, 1.54) is 18.4 Å². The number of aliphatic hydroxyl groups is 1. The van der Waals surface area contributed by atoms with Crippen LogP contribution in [0.3, 0.4) is 0 Å². The van der Waals surface area contributed by atoms with Gasteiger partial charge in [0.15, 0.2) is 0 Å². The fraction of sp³-hybridized carbons (Fsp3) is 0.231. The maximum atomic E-state index is 14.4. The van der Waals surface area contributed by atoms with Crippen molar-refractivity contribution in [3.05, 3.63) is 82.0 Å². The number of benzene rings is 2. The summed E-state index contributed by atoms with van der Waals surface area (Å²) in [6, 6.07) is 17.3. The van der Waals surface area contributed by atoms with Gasteiger partial charge in [-0.1, -0.05) is 59.2 Å². The van der Waals surface area contributed by atoms with Gasteiger partial charge in [0.2, 0.25) is 0 Å². The number of anilines is 1. The molecule has 3 heterocycles. The van der Waals surface area contributed by atoms with Gasteiger partial charge in [-0.25, -0.2) is 17.7 Å². The summed E-state index contributed by atoms with van der Waals surface area (Å²) in [6.07, 6.45) is 0.456. The number of rotatable bonds is 9. The van der Waals surface area contributed by atoms with Crippen LogP contribution in [0.5, 0.6) is 0 Å². The van der Waals surface area contributed by atoms with Gasteiger partial charge >= 0.3 is 0 Å². The first kappa shape index (κ1) is 25.6. The molecular formula is C26H24ClN3O5S2. The second kappa shape index (κ2) is 10.4. The van der Waals surface area contributed by atoms with Gasteiger partial charge in [-0.2, -0.15) is 0 Å². The number of sulfonamides is 1. The average Bonchev–Trinajstić information content (AvgIpc) is 3.43. The molecule has 0 radical (unpaired) electrons. The molecule has 0 fully saturated rings. The Morgan fingerprint density at radius 1 is 1.14 bits per heavy atom. The van der Waals surface area contributed by atoms with Crippen molar-refractivity contribution in [2.24, 2.45) is 0 Å². The van der Waals surface area contributed by atoms with Gasteiger partial charge < -0.3 is 14.4 Å². The molecule has 0 amide bonds. The van der Waals surface area contributed by atoms with Gasteiger partial charge in [0, 0.05) is 36.4 Å². The standard InChI is InChI=1S/C26H24ClN3O5S2/c1-16-23(27)26(35-29-16)30(22(31)12-14-34-2)37(32,33)24-20-11-6-13-28-25(20)36-21(24)15-18-9-5-8-17-7-3-4-10-19(17)18/h3-11,13,22,31H,12,14-15H2,1-2H3. The van der Waals surface area contributed by atoms with E-state index in [1.54, 1.807) is 25.3 Å². The smallest absolute Gasteiger partial charge is 0.270 e. The number of aliphatic hydroxyl groups excluding tert-OH is 1. The predicted molar refractivity (Wildman–Crippen MR) is 145 cm³/mol. The van der Waals surface area contributed by atoms with E-state index >= 15 is 0 Å². The molecule has 11 heteroatoms. The Hall–Kier alpha value is -3.02. The third kappa shape index (κ3) is 4.71. The number of ether oxygens (including phenoxy) is 1. The molecular weight excluding hydrogens is 534 g/mol. The zero-order valence-corrected chi connectivity index (χ0v) is 22.5. The second-order valence-corrected chi connectivity index (χ2v) is 11.7. The molecule has 0 spiro atoms. The second-order valence-electron chi connectivity index (χ2n) is 8.48. The van der Waals surface area contributed by atoms with Crippen LogP contribution in [0.1, 0.15) is 22.6 Å². The lowest BCUT2D eigenvalue weighted by molar-refractivity contribution is 0.114. The Morgan fingerprint density at radius 2 is 1.89 bits per heavy atom. The van der Waals surface area contributed by atoms with Crippen molar-refractivity contribution in [3.8, 4) is 0 Å². The molecule has 3 aromatic heterocycles. The van der Waals surface area contributed by atoms with Crippen molar-refractivity contribution in [1.82, 2.24) is 10.1 Å². The van der Waals surface area contributed by atoms with Crippen molar-refractivity contribution in [3.63, 3.8) is 0 Å². The molecule has 8 nitrogen and oxygen atoms in total. The molecule has 192 valence electrons. The molecule has 0 saturated carbocycles. The summed E-state index contributed by atoms with van der Waals surface area (Å²) in [4.78, 5) is 5.63. The van der Waals surface area contributed by atoms with Crippen LogP contribution >= 0.6 is 22.9 Å². The van der Waals surface area contributed by atoms with Crippen molar-refractivity contribution in [1.29, 1.82) is 0 Å². The van der Waals surface area contributed by atoms with Crippen molar-refractivity contribution in [2.45, 2.75) is 30.9 Å². The fourth-order valence-corrected chi connectivity index (χ4v) is 7.85. The molecule has 0 saturated heterocycles. The summed E-state index contributed by atoms with van der Waals surface area (Å²) in [5.41, 5.74) is 1.28. The van der Waals surface area contributed by atoms with Crippen molar-refractivity contribution in [2.75, 3.05) is 18.0 Å². The van der Waals surface area contributed by atoms with E-state index in [2.05, 4.69) is 10.1 Å². The van der Waals surface area contributed by atoms with Gasteiger partial charge in [0.1, 0.15) is 26.7 Å². The Kier molecular flexibility index (Phi) is 7.19. The summed E-state index contributed by atoms with van der Waals surface area (Å²) in [6.45, 7) is 1.71. The molecule has 0 aliphatic heterocycles. The quantitative estimate of drug-likeness (QED) is 0.237. The Bertz CT molecular complexity index is 1680. The average molecular weight is 558 g/mol. The molecule has 1 atom stereocenters. The first-order chi connectivity index (χ1) is 17.8. The van der Waals surface area contributed by atoms with Crippen LogP contribution in [0.25, 0.3) is 21.0 Å². The number of hydrogen-bond donors (Lipinski definition) is 1. The van der Waals surface area contributed by atoms with Crippen LogP contribution in [-0.4, -0.2) is 43.6 Å². The van der Waals surface area contributed by atoms with E-state index in [0.29, 0.717) is 27.2 Å². The minimum Gasteiger partial charge on any atom is -0.385 e. The fourth-order valence-electron chi connectivity index (χ4n) is 4.30. The van der Waals surface area contributed by atoms with Crippen LogP contribution in [-0.2, 0) is 21.2 Å². The van der Waals surface area contributed by atoms with Crippen LogP contribution in [0.2, 0.25) is 5.02 Å². The van der Waals surface area contributed by atoms with Gasteiger partial charge in [-0.15, -0.1) is 11.3 Å². The molecule has 0 aliphatic rings. The lowest BCUT2D eigenvalue weighted by Crippen LogP contribution is -2.41. The zero-order chi connectivity index (χ0) is 26.2. The van der Waals surface area contributed by atoms with Crippen molar-refractivity contribution < 1.29 is 22.8 Å². The number of thiophene rings is 1. The number of hydrogen-bond acceptors (Lipinski definition) is 8. The Labute approximate surface area is 223 Å². The van der Waals surface area contributed by atoms with Crippen LogP contribution in [0.4, 0.5) is 5.88 Å². The Balaban J connectivity index is 1.71. The highest BCUT2D eigenvalue weighted by Crippen LogP contribution is 2.41. The number of aromatic nitrogens is 2. The summed E-state index contributed by atoms with van der Waals surface area (Å²) in [7, 11) is -2.93. The maximum Gasteiger partial charge on any atom is 0.270 e. The van der Waals surface area contributed by atoms with E-state index < -0.39 is 16.3 Å². The number of pyridine rings is 1. The van der Waals surface area contributed by atoms with E-state index in [4.69, 9.17) is 20.9 Å². The number of nitrogens with zero attached hydrogens (tertiary/aromatic N) is 3. The lowest BCUT2D eigenvalue weighted by atomic mass is 10.0. The molecule has 0 aliphatic carbocycles. The number of fused-ring (bicyclic) bond motifs is 2. The number of methoxy groups -OCH3 is 1. The highest BCUT2D eigenvalue weighted by Gasteiger charge is 2.39. The van der Waals surface area contributed by atoms with Gasteiger partial charge in [-0.05, 0) is 35.4 Å². The molecule has 5 rings (SSSR count). The van der Waals surface area contributed by atoms with Crippen LogP contribution in [0, 0.1) is 6.92 Å². The number of aryl methyl sites for hydroxylation is 1. The summed E-state index contributed by atoms with van der Waals surface area (Å²) in [5, 5.41) is 17.4. The maximum absolute atomic E-state index is 14.4. The normalized spacial score (nSPS) is 12.9. The van der Waals surface area contributed by atoms with Gasteiger partial charge in [0.05, 0.1) is 6.61 Å². The lowest BCUT2D eigenvalue weighted by Gasteiger charge is -2.27. The molecule has 1 N–H and O–H groups in total. The third-order valence-electron chi connectivity index (χ3n) is 6.06. The largest absolute Gasteiger partial charge is 0.385 e. The molecule has 37 heavy (non-hydrogen) atoms. The summed E-state index contributed by atoms with van der Waals surface area (Å²) in [5.74, 6) is -0.248. The minimum absolute atomic E-state index is 0.00769. The SMILES string of the molecule is COCCC(O)N(c1onc(C)c1Cl)S(=O)(=O)c1c(Cc2cccc3ccccc23)sc2ncccc12. The first-order valence-corrected chi connectivity index (χ1v) is 14.1. The van der Waals surface area contributed by atoms with Crippen LogP contribution in [0.15, 0.2) is 70.2 Å². The minimum atomic E-state index is -4.40. The highest BCUT2D eigenvalue weighted by molar-refractivity contribution is 7.93.